The number of nitrogens with one attached hydrogen (secondary N) is 1. The molecule has 1 rings (SSSR count). The van der Waals surface area contributed by atoms with Gasteiger partial charge in [0.2, 0.25) is 0 Å². The van der Waals surface area contributed by atoms with Gasteiger partial charge in [0.25, 0.3) is 5.91 Å². The predicted molar refractivity (Wildman–Crippen MR) is 38.3 cm³/mol. The van der Waals surface area contributed by atoms with Crippen molar-refractivity contribution in [3.63, 3.8) is 0 Å². The van der Waals surface area contributed by atoms with Gasteiger partial charge < -0.3 is 5.32 Å². The molecule has 0 aromatic rings. The number of hydrogen-bond donors (Lipinski definition) is 2. The van der Waals surface area contributed by atoms with Gasteiger partial charge in [0, 0.05) is 0 Å². The summed E-state index contributed by atoms with van der Waals surface area (Å²) < 4.78 is 0. The Hall–Kier alpha value is -1.10. The van der Waals surface area contributed by atoms with Crippen LogP contribution >= 0.6 is 0 Å². The second-order valence-corrected chi connectivity index (χ2v) is 2.79. The molecule has 0 bridgehead atoms. The normalized spacial score (nSPS) is 31.0. The number of carbonyl (C=O) groups is 2. The number of carbonyl (C=O) groups excluding carboxylic acids is 2. The molecule has 3 amide bonds. The molecule has 62 valence electrons. The SMILES string of the molecule is CC[C@@]1(C)NC(=O)N(N)C1=O. The van der Waals surface area contributed by atoms with Crippen molar-refractivity contribution in [2.45, 2.75) is 25.8 Å². The van der Waals surface area contributed by atoms with Crippen LogP contribution in [0.3, 0.4) is 0 Å². The summed E-state index contributed by atoms with van der Waals surface area (Å²) in [5.74, 6) is 4.77. The lowest BCUT2D eigenvalue weighted by Gasteiger charge is -2.17. The largest absolute Gasteiger partial charge is 0.339 e. The highest BCUT2D eigenvalue weighted by Crippen LogP contribution is 2.17. The molecule has 1 atom stereocenters. The van der Waals surface area contributed by atoms with Crippen molar-refractivity contribution in [2.75, 3.05) is 0 Å². The van der Waals surface area contributed by atoms with E-state index in [2.05, 4.69) is 5.32 Å². The third-order valence-corrected chi connectivity index (χ3v) is 2.00. The number of hydrogen-bond acceptors (Lipinski definition) is 3. The first-order valence-electron chi connectivity index (χ1n) is 3.42. The molecule has 0 radical (unpaired) electrons. The van der Waals surface area contributed by atoms with Crippen molar-refractivity contribution in [3.8, 4) is 0 Å². The average Bonchev–Trinajstić information content (AvgIpc) is 2.17. The van der Waals surface area contributed by atoms with E-state index in [1.54, 1.807) is 6.92 Å². The fourth-order valence-electron chi connectivity index (χ4n) is 0.947. The fraction of sp³-hybridized carbons (Fsp3) is 0.667. The van der Waals surface area contributed by atoms with Gasteiger partial charge in [-0.2, -0.15) is 5.01 Å². The molecule has 0 saturated carbocycles. The van der Waals surface area contributed by atoms with E-state index >= 15 is 0 Å². The fourth-order valence-corrected chi connectivity index (χ4v) is 0.947. The molecule has 5 nitrogen and oxygen atoms in total. The van der Waals surface area contributed by atoms with Gasteiger partial charge in [0.05, 0.1) is 0 Å². The monoisotopic (exact) mass is 157 g/mol. The first-order chi connectivity index (χ1) is 5.01. The van der Waals surface area contributed by atoms with Crippen LogP contribution in [-0.4, -0.2) is 22.5 Å². The van der Waals surface area contributed by atoms with Crippen LogP contribution in [0.1, 0.15) is 20.3 Å². The zero-order valence-corrected chi connectivity index (χ0v) is 6.55. The molecule has 5 heteroatoms. The van der Waals surface area contributed by atoms with Crippen molar-refractivity contribution in [3.05, 3.63) is 0 Å². The number of imide groups is 1. The zero-order chi connectivity index (χ0) is 8.65. The molecule has 3 N–H and O–H groups in total. The number of nitrogens with zero attached hydrogens (tertiary/aromatic N) is 1. The lowest BCUT2D eigenvalue weighted by Crippen LogP contribution is -2.44. The predicted octanol–water partition coefficient (Wildman–Crippen LogP) is -0.419. The van der Waals surface area contributed by atoms with Gasteiger partial charge >= 0.3 is 6.03 Å². The zero-order valence-electron chi connectivity index (χ0n) is 6.55. The van der Waals surface area contributed by atoms with Crippen molar-refractivity contribution in [1.82, 2.24) is 10.3 Å². The Morgan fingerprint density at radius 3 is 2.36 bits per heavy atom. The van der Waals surface area contributed by atoms with Crippen LogP contribution in [0.25, 0.3) is 0 Å². The maximum absolute atomic E-state index is 11.2. The van der Waals surface area contributed by atoms with E-state index < -0.39 is 11.6 Å². The highest BCUT2D eigenvalue weighted by Gasteiger charge is 2.45. The van der Waals surface area contributed by atoms with Crippen molar-refractivity contribution < 1.29 is 9.59 Å². The van der Waals surface area contributed by atoms with Gasteiger partial charge in [-0.3, -0.25) is 4.79 Å². The molecule has 1 aliphatic rings. The number of urea groups is 1. The molecular weight excluding hydrogens is 146 g/mol. The van der Waals surface area contributed by atoms with Crippen molar-refractivity contribution in [2.24, 2.45) is 5.84 Å². The summed E-state index contributed by atoms with van der Waals surface area (Å²) in [5, 5.41) is 3.11. The van der Waals surface area contributed by atoms with E-state index in [-0.39, 0.29) is 5.91 Å². The molecule has 0 spiro atoms. The summed E-state index contributed by atoms with van der Waals surface area (Å²) in [4.78, 5) is 22.0. The van der Waals surface area contributed by atoms with E-state index in [1.165, 1.54) is 0 Å². The molecule has 0 unspecified atom stereocenters. The molecule has 1 saturated heterocycles. The first kappa shape index (κ1) is 8.00. The molecule has 0 aliphatic carbocycles. The van der Waals surface area contributed by atoms with Gasteiger partial charge in [-0.1, -0.05) is 6.92 Å². The van der Waals surface area contributed by atoms with Gasteiger partial charge in [-0.05, 0) is 13.3 Å². The Bertz CT molecular complexity index is 216. The molecular formula is C6H11N3O2. The quantitative estimate of drug-likeness (QED) is 0.308. The average molecular weight is 157 g/mol. The highest BCUT2D eigenvalue weighted by atomic mass is 16.2. The Kier molecular flexibility index (Phi) is 1.60. The van der Waals surface area contributed by atoms with Crippen LogP contribution in [0.4, 0.5) is 4.79 Å². The maximum atomic E-state index is 11.2. The molecule has 1 heterocycles. The second kappa shape index (κ2) is 2.20. The van der Waals surface area contributed by atoms with Crippen LogP contribution in [-0.2, 0) is 4.79 Å². The minimum Gasteiger partial charge on any atom is -0.322 e. The molecule has 0 aromatic carbocycles. The first-order valence-corrected chi connectivity index (χ1v) is 3.42. The summed E-state index contributed by atoms with van der Waals surface area (Å²) in [6.07, 6.45) is 0.547. The third-order valence-electron chi connectivity index (χ3n) is 2.00. The Morgan fingerprint density at radius 2 is 2.18 bits per heavy atom. The standard InChI is InChI=1S/C6H11N3O2/c1-3-6(2)4(10)9(7)5(11)8-6/h3,7H2,1-2H3,(H,8,11)/t6-/m1/s1. The van der Waals surface area contributed by atoms with Crippen LogP contribution < -0.4 is 11.2 Å². The van der Waals surface area contributed by atoms with Crippen LogP contribution in [0.15, 0.2) is 0 Å². The molecule has 0 aromatic heterocycles. The molecule has 1 fully saturated rings. The van der Waals surface area contributed by atoms with E-state index in [1.807, 2.05) is 6.92 Å². The van der Waals surface area contributed by atoms with E-state index in [0.29, 0.717) is 11.4 Å². The summed E-state index contributed by atoms with van der Waals surface area (Å²) >= 11 is 0. The minimum absolute atomic E-state index is 0.370. The minimum atomic E-state index is -0.800. The van der Waals surface area contributed by atoms with E-state index in [4.69, 9.17) is 5.84 Å². The maximum Gasteiger partial charge on any atom is 0.339 e. The van der Waals surface area contributed by atoms with E-state index in [9.17, 15) is 9.59 Å². The Morgan fingerprint density at radius 1 is 1.64 bits per heavy atom. The highest BCUT2D eigenvalue weighted by molar-refractivity contribution is 6.06. The molecule has 1 aliphatic heterocycles. The lowest BCUT2D eigenvalue weighted by atomic mass is 10.00. The molecule has 11 heavy (non-hydrogen) atoms. The summed E-state index contributed by atoms with van der Waals surface area (Å²) in [7, 11) is 0. The summed E-state index contributed by atoms with van der Waals surface area (Å²) in [6, 6.07) is -0.528. The van der Waals surface area contributed by atoms with Crippen LogP contribution in [0.5, 0.6) is 0 Å². The Labute approximate surface area is 64.5 Å². The summed E-state index contributed by atoms with van der Waals surface area (Å²) in [6.45, 7) is 3.47. The second-order valence-electron chi connectivity index (χ2n) is 2.79. The van der Waals surface area contributed by atoms with Gasteiger partial charge in [0.1, 0.15) is 5.54 Å². The number of rotatable bonds is 1. The van der Waals surface area contributed by atoms with Gasteiger partial charge in [0.15, 0.2) is 0 Å². The smallest absolute Gasteiger partial charge is 0.322 e. The topological polar surface area (TPSA) is 75.4 Å². The number of hydrazine groups is 1. The number of amides is 3. The lowest BCUT2D eigenvalue weighted by molar-refractivity contribution is -0.131. The summed E-state index contributed by atoms with van der Waals surface area (Å²) in [5.41, 5.74) is -0.800. The Balaban J connectivity index is 2.91. The van der Waals surface area contributed by atoms with E-state index in [0.717, 1.165) is 0 Å². The van der Waals surface area contributed by atoms with Crippen LogP contribution in [0.2, 0.25) is 0 Å². The van der Waals surface area contributed by atoms with Gasteiger partial charge in [-0.25, -0.2) is 10.6 Å². The number of nitrogens with two attached hydrogens (primary N) is 1. The van der Waals surface area contributed by atoms with Crippen molar-refractivity contribution >= 4 is 11.9 Å². The van der Waals surface area contributed by atoms with Crippen LogP contribution in [0, 0.1) is 0 Å². The third kappa shape index (κ3) is 0.970. The van der Waals surface area contributed by atoms with Gasteiger partial charge in [-0.15, -0.1) is 0 Å². The van der Waals surface area contributed by atoms with Crippen molar-refractivity contribution in [1.29, 1.82) is 0 Å².